The van der Waals surface area contributed by atoms with Gasteiger partial charge in [0.1, 0.15) is 0 Å². The van der Waals surface area contributed by atoms with Crippen LogP contribution in [0.15, 0.2) is 18.2 Å². The van der Waals surface area contributed by atoms with Crippen molar-refractivity contribution in [2.45, 2.75) is 39.7 Å². The SMILES string of the molecule is Cc1ccc(C)c(CN(C)CCCCCCl)c1. The van der Waals surface area contributed by atoms with E-state index in [-0.39, 0.29) is 0 Å². The molecule has 1 rings (SSSR count). The van der Waals surface area contributed by atoms with E-state index in [0.717, 1.165) is 25.4 Å². The van der Waals surface area contributed by atoms with Crippen molar-refractivity contribution in [1.82, 2.24) is 4.90 Å². The maximum atomic E-state index is 5.67. The molecule has 0 radical (unpaired) electrons. The Kier molecular flexibility index (Phi) is 6.61. The predicted molar refractivity (Wildman–Crippen MR) is 76.8 cm³/mol. The minimum Gasteiger partial charge on any atom is -0.302 e. The van der Waals surface area contributed by atoms with Crippen molar-refractivity contribution in [1.29, 1.82) is 0 Å². The van der Waals surface area contributed by atoms with Gasteiger partial charge in [-0.1, -0.05) is 30.2 Å². The van der Waals surface area contributed by atoms with Gasteiger partial charge in [-0.2, -0.15) is 0 Å². The summed E-state index contributed by atoms with van der Waals surface area (Å²) in [5.41, 5.74) is 4.19. The van der Waals surface area contributed by atoms with E-state index < -0.39 is 0 Å². The summed E-state index contributed by atoms with van der Waals surface area (Å²) in [5.74, 6) is 0.792. The minimum absolute atomic E-state index is 0.792. The molecule has 0 heterocycles. The van der Waals surface area contributed by atoms with Crippen molar-refractivity contribution in [3.05, 3.63) is 34.9 Å². The lowest BCUT2D eigenvalue weighted by Crippen LogP contribution is -2.19. The van der Waals surface area contributed by atoms with Crippen molar-refractivity contribution in [3.63, 3.8) is 0 Å². The smallest absolute Gasteiger partial charge is 0.0233 e. The Bertz CT molecular complexity index is 336. The van der Waals surface area contributed by atoms with Crippen LogP contribution in [0.1, 0.15) is 36.0 Å². The van der Waals surface area contributed by atoms with Gasteiger partial charge in [-0.3, -0.25) is 0 Å². The van der Waals surface area contributed by atoms with E-state index in [1.54, 1.807) is 0 Å². The Balaban J connectivity index is 2.39. The van der Waals surface area contributed by atoms with Gasteiger partial charge in [0.2, 0.25) is 0 Å². The molecule has 0 aliphatic carbocycles. The Hall–Kier alpha value is -0.530. The molecule has 0 fully saturated rings. The highest BCUT2D eigenvalue weighted by atomic mass is 35.5. The number of benzene rings is 1. The summed E-state index contributed by atoms with van der Waals surface area (Å²) in [6, 6.07) is 6.69. The first-order chi connectivity index (χ1) is 8.13. The summed E-state index contributed by atoms with van der Waals surface area (Å²) in [6.45, 7) is 6.55. The number of rotatable bonds is 7. The fourth-order valence-electron chi connectivity index (χ4n) is 1.99. The van der Waals surface area contributed by atoms with Gasteiger partial charge in [-0.05, 0) is 51.4 Å². The van der Waals surface area contributed by atoms with E-state index in [0.29, 0.717) is 0 Å². The number of hydrogen-bond donors (Lipinski definition) is 0. The first-order valence-electron chi connectivity index (χ1n) is 6.44. The van der Waals surface area contributed by atoms with Gasteiger partial charge >= 0.3 is 0 Å². The molecule has 0 amide bonds. The number of halogens is 1. The Morgan fingerprint density at radius 3 is 2.59 bits per heavy atom. The average molecular weight is 254 g/mol. The molecule has 1 nitrogen and oxygen atoms in total. The monoisotopic (exact) mass is 253 g/mol. The molecule has 0 unspecified atom stereocenters. The highest BCUT2D eigenvalue weighted by Gasteiger charge is 2.03. The fraction of sp³-hybridized carbons (Fsp3) is 0.600. The van der Waals surface area contributed by atoms with E-state index >= 15 is 0 Å². The Morgan fingerprint density at radius 1 is 1.12 bits per heavy atom. The van der Waals surface area contributed by atoms with Crippen LogP contribution in [-0.4, -0.2) is 24.4 Å². The molecule has 0 aliphatic heterocycles. The van der Waals surface area contributed by atoms with Gasteiger partial charge in [0.25, 0.3) is 0 Å². The molecule has 96 valence electrons. The van der Waals surface area contributed by atoms with E-state index in [4.69, 9.17) is 11.6 Å². The van der Waals surface area contributed by atoms with Crippen LogP contribution >= 0.6 is 11.6 Å². The zero-order chi connectivity index (χ0) is 12.7. The fourth-order valence-corrected chi connectivity index (χ4v) is 2.18. The molecule has 17 heavy (non-hydrogen) atoms. The molecule has 0 aromatic heterocycles. The van der Waals surface area contributed by atoms with Crippen LogP contribution in [-0.2, 0) is 6.54 Å². The van der Waals surface area contributed by atoms with Crippen molar-refractivity contribution >= 4 is 11.6 Å². The van der Waals surface area contributed by atoms with Crippen LogP contribution in [0.5, 0.6) is 0 Å². The normalized spacial score (nSPS) is 11.1. The largest absolute Gasteiger partial charge is 0.302 e. The first-order valence-corrected chi connectivity index (χ1v) is 6.97. The third-order valence-corrected chi connectivity index (χ3v) is 3.39. The maximum absolute atomic E-state index is 5.67. The number of unbranched alkanes of at least 4 members (excludes halogenated alkanes) is 2. The zero-order valence-electron chi connectivity index (χ0n) is 11.3. The summed E-state index contributed by atoms with van der Waals surface area (Å²) in [5, 5.41) is 0. The molecule has 0 aliphatic rings. The Morgan fingerprint density at radius 2 is 1.88 bits per heavy atom. The number of aryl methyl sites for hydroxylation is 2. The summed E-state index contributed by atoms with van der Waals surface area (Å²) >= 11 is 5.67. The van der Waals surface area contributed by atoms with Crippen LogP contribution in [0, 0.1) is 13.8 Å². The van der Waals surface area contributed by atoms with Gasteiger partial charge in [0.05, 0.1) is 0 Å². The molecule has 0 saturated carbocycles. The highest BCUT2D eigenvalue weighted by Crippen LogP contribution is 2.13. The Labute approximate surface area is 111 Å². The van der Waals surface area contributed by atoms with Crippen LogP contribution in [0.2, 0.25) is 0 Å². The van der Waals surface area contributed by atoms with Crippen LogP contribution in [0.3, 0.4) is 0 Å². The highest BCUT2D eigenvalue weighted by molar-refractivity contribution is 6.17. The molecule has 0 N–H and O–H groups in total. The molecular formula is C15H24ClN. The standard InChI is InChI=1S/C15H24ClN/c1-13-7-8-14(2)15(11-13)12-17(3)10-6-4-5-9-16/h7-8,11H,4-6,9-10,12H2,1-3H3. The number of nitrogens with zero attached hydrogens (tertiary/aromatic N) is 1. The first kappa shape index (κ1) is 14.5. The van der Waals surface area contributed by atoms with Gasteiger partial charge in [0.15, 0.2) is 0 Å². The number of alkyl halides is 1. The quantitative estimate of drug-likeness (QED) is 0.521. The third kappa shape index (κ3) is 5.56. The molecule has 1 aromatic rings. The van der Waals surface area contributed by atoms with E-state index in [2.05, 4.69) is 44.0 Å². The second-order valence-electron chi connectivity index (χ2n) is 4.92. The van der Waals surface area contributed by atoms with Crippen LogP contribution in [0.4, 0.5) is 0 Å². The van der Waals surface area contributed by atoms with Gasteiger partial charge in [0, 0.05) is 12.4 Å². The second-order valence-corrected chi connectivity index (χ2v) is 5.30. The summed E-state index contributed by atoms with van der Waals surface area (Å²) in [7, 11) is 2.20. The second kappa shape index (κ2) is 7.73. The van der Waals surface area contributed by atoms with Crippen molar-refractivity contribution in [2.75, 3.05) is 19.5 Å². The third-order valence-electron chi connectivity index (χ3n) is 3.12. The topological polar surface area (TPSA) is 3.24 Å². The van der Waals surface area contributed by atoms with Crippen molar-refractivity contribution < 1.29 is 0 Å². The van der Waals surface area contributed by atoms with E-state index in [1.165, 1.54) is 29.5 Å². The molecule has 0 atom stereocenters. The van der Waals surface area contributed by atoms with Crippen molar-refractivity contribution in [2.24, 2.45) is 0 Å². The molecule has 2 heteroatoms. The maximum Gasteiger partial charge on any atom is 0.0233 e. The number of hydrogen-bond acceptors (Lipinski definition) is 1. The van der Waals surface area contributed by atoms with Gasteiger partial charge in [-0.25, -0.2) is 0 Å². The molecule has 0 bridgehead atoms. The molecule has 0 spiro atoms. The van der Waals surface area contributed by atoms with Gasteiger partial charge in [-0.15, -0.1) is 11.6 Å². The lowest BCUT2D eigenvalue weighted by atomic mass is 10.1. The van der Waals surface area contributed by atoms with Crippen LogP contribution in [0.25, 0.3) is 0 Å². The lowest BCUT2D eigenvalue weighted by Gasteiger charge is -2.18. The summed E-state index contributed by atoms with van der Waals surface area (Å²) in [4.78, 5) is 2.40. The van der Waals surface area contributed by atoms with E-state index in [9.17, 15) is 0 Å². The molecular weight excluding hydrogens is 230 g/mol. The zero-order valence-corrected chi connectivity index (χ0v) is 12.1. The van der Waals surface area contributed by atoms with E-state index in [1.807, 2.05) is 0 Å². The summed E-state index contributed by atoms with van der Waals surface area (Å²) < 4.78 is 0. The minimum atomic E-state index is 0.792. The van der Waals surface area contributed by atoms with Crippen molar-refractivity contribution in [3.8, 4) is 0 Å². The molecule has 1 aromatic carbocycles. The lowest BCUT2D eigenvalue weighted by molar-refractivity contribution is 0.317. The van der Waals surface area contributed by atoms with Gasteiger partial charge < -0.3 is 4.90 Å². The predicted octanol–water partition coefficient (Wildman–Crippen LogP) is 4.14. The van der Waals surface area contributed by atoms with Crippen LogP contribution < -0.4 is 0 Å². The molecule has 0 saturated heterocycles. The summed E-state index contributed by atoms with van der Waals surface area (Å²) in [6.07, 6.45) is 3.62. The average Bonchev–Trinajstić information content (AvgIpc) is 2.29.